The largest absolute Gasteiger partial charge is 0.384 e. The Labute approximate surface area is 88.5 Å². The lowest BCUT2D eigenvalue weighted by Gasteiger charge is -2.31. The lowest BCUT2D eigenvalue weighted by Crippen LogP contribution is -2.37. The lowest BCUT2D eigenvalue weighted by molar-refractivity contribution is 0.0282. The van der Waals surface area contributed by atoms with Crippen molar-refractivity contribution in [1.29, 1.82) is 0 Å². The molecule has 1 unspecified atom stereocenters. The second kappa shape index (κ2) is 3.26. The maximum Gasteiger partial charge on any atom is 0.112 e. The van der Waals surface area contributed by atoms with Crippen molar-refractivity contribution < 1.29 is 5.11 Å². The molecule has 1 heterocycles. The molecular weight excluding hydrogens is 200 g/mol. The summed E-state index contributed by atoms with van der Waals surface area (Å²) in [6.07, 6.45) is 4.52. The summed E-state index contributed by atoms with van der Waals surface area (Å²) in [5.74, 6) is 0. The van der Waals surface area contributed by atoms with Crippen LogP contribution in [0.25, 0.3) is 0 Å². The molecule has 1 aromatic heterocycles. The molecule has 0 saturated carbocycles. The van der Waals surface area contributed by atoms with Crippen LogP contribution < -0.4 is 5.73 Å². The Morgan fingerprint density at radius 3 is 3.07 bits per heavy atom. The smallest absolute Gasteiger partial charge is 0.112 e. The summed E-state index contributed by atoms with van der Waals surface area (Å²) in [5.41, 5.74) is 6.73. The van der Waals surface area contributed by atoms with Gasteiger partial charge >= 0.3 is 0 Å². The van der Waals surface area contributed by atoms with E-state index in [4.69, 9.17) is 17.3 Å². The van der Waals surface area contributed by atoms with Gasteiger partial charge in [-0.05, 0) is 24.8 Å². The van der Waals surface area contributed by atoms with Gasteiger partial charge in [-0.2, -0.15) is 0 Å². The lowest BCUT2D eigenvalue weighted by atomic mass is 9.81. The second-order valence-corrected chi connectivity index (χ2v) is 4.37. The zero-order valence-electron chi connectivity index (χ0n) is 8.26. The molecule has 1 aromatic rings. The third-order valence-electron chi connectivity index (χ3n) is 3.06. The van der Waals surface area contributed by atoms with Crippen molar-refractivity contribution in [3.63, 3.8) is 0 Å². The van der Waals surface area contributed by atoms with Crippen LogP contribution >= 0.6 is 11.6 Å². The number of aliphatic hydroxyl groups is 1. The molecule has 78 valence electrons. The average Bonchev–Trinajstić information content (AvgIpc) is 2.47. The minimum absolute atomic E-state index is 0.264. The quantitative estimate of drug-likeness (QED) is 0.737. The van der Waals surface area contributed by atoms with Crippen molar-refractivity contribution in [1.82, 2.24) is 4.57 Å². The number of nitrogens with two attached hydrogens (primary N) is 1. The summed E-state index contributed by atoms with van der Waals surface area (Å²) in [4.78, 5) is 0. The molecule has 0 bridgehead atoms. The van der Waals surface area contributed by atoms with Crippen LogP contribution in [0.4, 0.5) is 0 Å². The highest BCUT2D eigenvalue weighted by atomic mass is 35.5. The highest BCUT2D eigenvalue weighted by Crippen LogP contribution is 2.38. The van der Waals surface area contributed by atoms with Crippen LogP contribution in [0.1, 0.15) is 24.0 Å². The fourth-order valence-corrected chi connectivity index (χ4v) is 2.44. The molecule has 2 rings (SSSR count). The number of hydrogen-bond acceptors (Lipinski definition) is 2. The van der Waals surface area contributed by atoms with Gasteiger partial charge in [-0.25, -0.2) is 0 Å². The van der Waals surface area contributed by atoms with Crippen LogP contribution in [-0.4, -0.2) is 16.2 Å². The molecule has 0 spiro atoms. The van der Waals surface area contributed by atoms with Crippen molar-refractivity contribution in [2.75, 3.05) is 6.54 Å². The Kier molecular flexibility index (Phi) is 2.33. The summed E-state index contributed by atoms with van der Waals surface area (Å²) in [5, 5.41) is 11.0. The first kappa shape index (κ1) is 10.0. The van der Waals surface area contributed by atoms with E-state index in [0.29, 0.717) is 0 Å². The summed E-state index contributed by atoms with van der Waals surface area (Å²) in [6.45, 7) is 0.264. The van der Waals surface area contributed by atoms with Crippen LogP contribution in [0.2, 0.25) is 5.15 Å². The first-order valence-corrected chi connectivity index (χ1v) is 5.23. The minimum atomic E-state index is -0.863. The highest BCUT2D eigenvalue weighted by Gasteiger charge is 2.35. The first-order valence-electron chi connectivity index (χ1n) is 4.85. The van der Waals surface area contributed by atoms with Crippen LogP contribution in [-0.2, 0) is 19.1 Å². The third kappa shape index (κ3) is 1.28. The van der Waals surface area contributed by atoms with Gasteiger partial charge in [0.2, 0.25) is 0 Å². The maximum atomic E-state index is 10.3. The van der Waals surface area contributed by atoms with E-state index in [1.807, 2.05) is 17.8 Å². The van der Waals surface area contributed by atoms with E-state index < -0.39 is 5.60 Å². The van der Waals surface area contributed by atoms with Crippen LogP contribution in [0, 0.1) is 0 Å². The SMILES string of the molecule is Cn1cc2c(c1Cl)CCCC2(O)CN. The van der Waals surface area contributed by atoms with Gasteiger partial charge in [0, 0.05) is 25.4 Å². The molecule has 0 aliphatic heterocycles. The molecule has 4 heteroatoms. The molecule has 0 aromatic carbocycles. The molecule has 0 fully saturated rings. The van der Waals surface area contributed by atoms with Gasteiger partial charge in [0.15, 0.2) is 0 Å². The Hall–Kier alpha value is -0.510. The van der Waals surface area contributed by atoms with E-state index in [1.54, 1.807) is 0 Å². The number of aromatic nitrogens is 1. The topological polar surface area (TPSA) is 51.2 Å². The molecule has 1 aliphatic carbocycles. The standard InChI is InChI=1S/C10H15ClN2O/c1-13-5-8-7(9(13)11)3-2-4-10(8,14)6-12/h5,14H,2-4,6,12H2,1H3. The molecule has 0 amide bonds. The number of hydrogen-bond donors (Lipinski definition) is 2. The van der Waals surface area contributed by atoms with Crippen LogP contribution in [0.5, 0.6) is 0 Å². The van der Waals surface area contributed by atoms with Gasteiger partial charge in [-0.15, -0.1) is 0 Å². The van der Waals surface area contributed by atoms with Gasteiger partial charge in [-0.1, -0.05) is 11.6 Å². The van der Waals surface area contributed by atoms with Gasteiger partial charge < -0.3 is 15.4 Å². The first-order chi connectivity index (χ1) is 6.58. The summed E-state index contributed by atoms with van der Waals surface area (Å²) >= 11 is 6.12. The Morgan fingerprint density at radius 1 is 1.71 bits per heavy atom. The van der Waals surface area contributed by atoms with E-state index in [0.717, 1.165) is 35.5 Å². The van der Waals surface area contributed by atoms with Crippen molar-refractivity contribution in [2.24, 2.45) is 12.8 Å². The zero-order chi connectivity index (χ0) is 10.3. The Bertz CT molecular complexity index is 361. The second-order valence-electron chi connectivity index (χ2n) is 4.01. The van der Waals surface area contributed by atoms with Gasteiger partial charge in [0.25, 0.3) is 0 Å². The third-order valence-corrected chi connectivity index (χ3v) is 3.56. The normalized spacial score (nSPS) is 26.3. The Morgan fingerprint density at radius 2 is 2.43 bits per heavy atom. The Balaban J connectivity index is 2.55. The minimum Gasteiger partial charge on any atom is -0.384 e. The molecule has 14 heavy (non-hydrogen) atoms. The predicted octanol–water partition coefficient (Wildman–Crippen LogP) is 1.16. The molecule has 1 aliphatic rings. The monoisotopic (exact) mass is 214 g/mol. The van der Waals surface area contributed by atoms with Gasteiger partial charge in [0.1, 0.15) is 10.8 Å². The predicted molar refractivity (Wildman–Crippen MR) is 56.3 cm³/mol. The summed E-state index contributed by atoms with van der Waals surface area (Å²) in [7, 11) is 1.89. The number of fused-ring (bicyclic) bond motifs is 1. The van der Waals surface area contributed by atoms with Crippen molar-refractivity contribution in [2.45, 2.75) is 24.9 Å². The fourth-order valence-electron chi connectivity index (χ4n) is 2.20. The number of rotatable bonds is 1. The molecular formula is C10H15ClN2O. The van der Waals surface area contributed by atoms with Gasteiger partial charge in [0.05, 0.1) is 0 Å². The van der Waals surface area contributed by atoms with Crippen LogP contribution in [0.15, 0.2) is 6.20 Å². The summed E-state index contributed by atoms with van der Waals surface area (Å²) in [6, 6.07) is 0. The average molecular weight is 215 g/mol. The van der Waals surface area contributed by atoms with E-state index in [-0.39, 0.29) is 6.54 Å². The van der Waals surface area contributed by atoms with E-state index >= 15 is 0 Å². The van der Waals surface area contributed by atoms with E-state index in [1.165, 1.54) is 0 Å². The molecule has 3 nitrogen and oxygen atoms in total. The van der Waals surface area contributed by atoms with E-state index in [9.17, 15) is 5.11 Å². The zero-order valence-corrected chi connectivity index (χ0v) is 9.01. The van der Waals surface area contributed by atoms with Crippen LogP contribution in [0.3, 0.4) is 0 Å². The van der Waals surface area contributed by atoms with E-state index in [2.05, 4.69) is 0 Å². The molecule has 0 radical (unpaired) electrons. The molecule has 0 saturated heterocycles. The highest BCUT2D eigenvalue weighted by molar-refractivity contribution is 6.30. The summed E-state index contributed by atoms with van der Waals surface area (Å²) < 4.78 is 1.85. The molecule has 3 N–H and O–H groups in total. The van der Waals surface area contributed by atoms with Gasteiger partial charge in [-0.3, -0.25) is 0 Å². The van der Waals surface area contributed by atoms with Crippen molar-refractivity contribution >= 4 is 11.6 Å². The van der Waals surface area contributed by atoms with Crippen molar-refractivity contribution in [3.8, 4) is 0 Å². The maximum absolute atomic E-state index is 10.3. The number of nitrogens with zero attached hydrogens (tertiary/aromatic N) is 1. The number of aryl methyl sites for hydroxylation is 1. The molecule has 1 atom stereocenters. The number of halogens is 1. The van der Waals surface area contributed by atoms with Crippen molar-refractivity contribution in [3.05, 3.63) is 22.5 Å². The fraction of sp³-hybridized carbons (Fsp3) is 0.600.